The van der Waals surface area contributed by atoms with E-state index in [1.54, 1.807) is 14.2 Å². The van der Waals surface area contributed by atoms with E-state index in [9.17, 15) is 4.79 Å². The Labute approximate surface area is 146 Å². The molecule has 1 aromatic rings. The third-order valence-electron chi connectivity index (χ3n) is 4.13. The van der Waals surface area contributed by atoms with Gasteiger partial charge in [-0.05, 0) is 57.9 Å². The molecule has 24 heavy (non-hydrogen) atoms. The van der Waals surface area contributed by atoms with E-state index >= 15 is 0 Å². The number of carbonyl (C=O) groups excluding carboxylic acids is 1. The zero-order valence-electron chi connectivity index (χ0n) is 15.9. The van der Waals surface area contributed by atoms with E-state index in [1.165, 1.54) is 0 Å². The Kier molecular flexibility index (Phi) is 8.61. The summed E-state index contributed by atoms with van der Waals surface area (Å²) in [6, 6.07) is 6.60. The van der Waals surface area contributed by atoms with Crippen LogP contribution in [0.3, 0.4) is 0 Å². The van der Waals surface area contributed by atoms with Gasteiger partial charge in [0.2, 0.25) is 5.91 Å². The first-order chi connectivity index (χ1) is 11.4. The summed E-state index contributed by atoms with van der Waals surface area (Å²) < 4.78 is 10.6. The number of hydrogen-bond acceptors (Lipinski definition) is 4. The summed E-state index contributed by atoms with van der Waals surface area (Å²) in [5.74, 6) is 1.62. The molecule has 0 aliphatic heterocycles. The topological polar surface area (TPSA) is 50.8 Å². The summed E-state index contributed by atoms with van der Waals surface area (Å²) >= 11 is 0. The van der Waals surface area contributed by atoms with Crippen LogP contribution in [-0.2, 0) is 11.2 Å². The van der Waals surface area contributed by atoms with Crippen LogP contribution >= 0.6 is 0 Å². The fraction of sp³-hybridized carbons (Fsp3) is 0.632. The largest absolute Gasteiger partial charge is 0.497 e. The molecular weight excluding hydrogens is 304 g/mol. The molecule has 5 heteroatoms. The second-order valence-corrected chi connectivity index (χ2v) is 6.45. The molecule has 1 aromatic carbocycles. The standard InChI is InChI=1S/C19H32N2O3/c1-14(2)21(15(3)4)12-11-20-19(22)10-7-16-13-17(23-5)8-9-18(16)24-6/h8-9,13-15H,7,10-12H2,1-6H3,(H,20,22). The van der Waals surface area contributed by atoms with Gasteiger partial charge in [0, 0.05) is 31.6 Å². The van der Waals surface area contributed by atoms with Gasteiger partial charge in [-0.2, -0.15) is 0 Å². The molecule has 5 nitrogen and oxygen atoms in total. The Morgan fingerprint density at radius 3 is 2.33 bits per heavy atom. The van der Waals surface area contributed by atoms with Gasteiger partial charge in [-0.1, -0.05) is 0 Å². The van der Waals surface area contributed by atoms with Crippen molar-refractivity contribution < 1.29 is 14.3 Å². The normalized spacial score (nSPS) is 11.2. The van der Waals surface area contributed by atoms with Crippen LogP contribution in [0.4, 0.5) is 0 Å². The summed E-state index contributed by atoms with van der Waals surface area (Å²) in [4.78, 5) is 14.5. The van der Waals surface area contributed by atoms with Crippen molar-refractivity contribution in [2.24, 2.45) is 0 Å². The Morgan fingerprint density at radius 2 is 1.79 bits per heavy atom. The highest BCUT2D eigenvalue weighted by molar-refractivity contribution is 5.76. The van der Waals surface area contributed by atoms with Crippen molar-refractivity contribution in [3.05, 3.63) is 23.8 Å². The minimum absolute atomic E-state index is 0.0623. The SMILES string of the molecule is COc1ccc(OC)c(CCC(=O)NCCN(C(C)C)C(C)C)c1. The van der Waals surface area contributed by atoms with Crippen molar-refractivity contribution in [1.82, 2.24) is 10.2 Å². The summed E-state index contributed by atoms with van der Waals surface area (Å²) in [5, 5.41) is 3.01. The molecule has 136 valence electrons. The van der Waals surface area contributed by atoms with Crippen LogP contribution in [0.15, 0.2) is 18.2 Å². The van der Waals surface area contributed by atoms with Crippen LogP contribution in [-0.4, -0.2) is 50.2 Å². The van der Waals surface area contributed by atoms with Crippen LogP contribution in [0.5, 0.6) is 11.5 Å². The van der Waals surface area contributed by atoms with Crippen LogP contribution < -0.4 is 14.8 Å². The summed E-state index contributed by atoms with van der Waals surface area (Å²) in [5.41, 5.74) is 0.984. The molecular formula is C19H32N2O3. The van der Waals surface area contributed by atoms with E-state index in [0.29, 0.717) is 31.5 Å². The second-order valence-electron chi connectivity index (χ2n) is 6.45. The first kappa shape index (κ1) is 20.3. The van der Waals surface area contributed by atoms with Crippen LogP contribution in [0.1, 0.15) is 39.7 Å². The molecule has 1 amide bonds. The lowest BCUT2D eigenvalue weighted by Gasteiger charge is -2.30. The van der Waals surface area contributed by atoms with Crippen molar-refractivity contribution in [3.8, 4) is 11.5 Å². The first-order valence-corrected chi connectivity index (χ1v) is 8.62. The summed E-state index contributed by atoms with van der Waals surface area (Å²) in [6.07, 6.45) is 1.07. The lowest BCUT2D eigenvalue weighted by Crippen LogP contribution is -2.42. The minimum atomic E-state index is 0.0623. The van der Waals surface area contributed by atoms with Gasteiger partial charge in [0.25, 0.3) is 0 Å². The van der Waals surface area contributed by atoms with E-state index in [4.69, 9.17) is 9.47 Å². The highest BCUT2D eigenvalue weighted by Crippen LogP contribution is 2.25. The maximum absolute atomic E-state index is 12.1. The van der Waals surface area contributed by atoms with Crippen molar-refractivity contribution in [2.45, 2.75) is 52.6 Å². The molecule has 0 spiro atoms. The third-order valence-corrected chi connectivity index (χ3v) is 4.13. The molecule has 0 saturated carbocycles. The van der Waals surface area contributed by atoms with Gasteiger partial charge in [0.1, 0.15) is 11.5 Å². The minimum Gasteiger partial charge on any atom is -0.497 e. The van der Waals surface area contributed by atoms with Crippen LogP contribution in [0.2, 0.25) is 0 Å². The van der Waals surface area contributed by atoms with E-state index in [0.717, 1.165) is 23.6 Å². The first-order valence-electron chi connectivity index (χ1n) is 8.62. The summed E-state index contributed by atoms with van der Waals surface area (Å²) in [6.45, 7) is 10.2. The number of rotatable bonds is 10. The van der Waals surface area contributed by atoms with Crippen molar-refractivity contribution in [2.75, 3.05) is 27.3 Å². The van der Waals surface area contributed by atoms with E-state index < -0.39 is 0 Å². The van der Waals surface area contributed by atoms with Gasteiger partial charge < -0.3 is 14.8 Å². The Bertz CT molecular complexity index is 507. The van der Waals surface area contributed by atoms with E-state index in [2.05, 4.69) is 37.9 Å². The maximum atomic E-state index is 12.1. The number of nitrogens with one attached hydrogen (secondary N) is 1. The zero-order chi connectivity index (χ0) is 18.1. The Balaban J connectivity index is 2.46. The van der Waals surface area contributed by atoms with Gasteiger partial charge in [-0.3, -0.25) is 9.69 Å². The quantitative estimate of drug-likeness (QED) is 0.714. The number of nitrogens with zero attached hydrogens (tertiary/aromatic N) is 1. The van der Waals surface area contributed by atoms with E-state index in [1.807, 2.05) is 18.2 Å². The second kappa shape index (κ2) is 10.2. The molecule has 1 N–H and O–H groups in total. The lowest BCUT2D eigenvalue weighted by molar-refractivity contribution is -0.121. The van der Waals surface area contributed by atoms with Gasteiger partial charge in [-0.15, -0.1) is 0 Å². The van der Waals surface area contributed by atoms with Gasteiger partial charge in [-0.25, -0.2) is 0 Å². The number of aryl methyl sites for hydroxylation is 1. The molecule has 0 aliphatic carbocycles. The molecule has 0 bridgehead atoms. The highest BCUT2D eigenvalue weighted by Gasteiger charge is 2.13. The molecule has 0 radical (unpaired) electrons. The number of methoxy groups -OCH3 is 2. The lowest BCUT2D eigenvalue weighted by atomic mass is 10.1. The maximum Gasteiger partial charge on any atom is 0.220 e. The molecule has 0 aliphatic rings. The average Bonchev–Trinajstić information content (AvgIpc) is 2.55. The summed E-state index contributed by atoms with van der Waals surface area (Å²) in [7, 11) is 3.27. The van der Waals surface area contributed by atoms with Crippen molar-refractivity contribution >= 4 is 5.91 Å². The van der Waals surface area contributed by atoms with Crippen LogP contribution in [0.25, 0.3) is 0 Å². The van der Waals surface area contributed by atoms with Crippen LogP contribution in [0, 0.1) is 0 Å². The fourth-order valence-corrected chi connectivity index (χ4v) is 2.85. The van der Waals surface area contributed by atoms with Gasteiger partial charge >= 0.3 is 0 Å². The predicted molar refractivity (Wildman–Crippen MR) is 97.9 cm³/mol. The number of carbonyl (C=O) groups is 1. The fourth-order valence-electron chi connectivity index (χ4n) is 2.85. The number of ether oxygens (including phenoxy) is 2. The smallest absolute Gasteiger partial charge is 0.220 e. The molecule has 0 heterocycles. The van der Waals surface area contributed by atoms with Crippen molar-refractivity contribution in [3.63, 3.8) is 0 Å². The Morgan fingerprint density at radius 1 is 1.12 bits per heavy atom. The number of amides is 1. The molecule has 0 fully saturated rings. The molecule has 0 saturated heterocycles. The Hall–Kier alpha value is -1.75. The zero-order valence-corrected chi connectivity index (χ0v) is 15.9. The van der Waals surface area contributed by atoms with Crippen molar-refractivity contribution in [1.29, 1.82) is 0 Å². The predicted octanol–water partition coefficient (Wildman–Crippen LogP) is 2.87. The molecule has 1 rings (SSSR count). The van der Waals surface area contributed by atoms with Gasteiger partial charge in [0.05, 0.1) is 14.2 Å². The molecule has 0 atom stereocenters. The number of hydrogen-bond donors (Lipinski definition) is 1. The van der Waals surface area contributed by atoms with Gasteiger partial charge in [0.15, 0.2) is 0 Å². The molecule has 0 unspecified atom stereocenters. The molecule has 0 aromatic heterocycles. The number of benzene rings is 1. The third kappa shape index (κ3) is 6.40. The van der Waals surface area contributed by atoms with E-state index in [-0.39, 0.29) is 5.91 Å². The monoisotopic (exact) mass is 336 g/mol. The highest BCUT2D eigenvalue weighted by atomic mass is 16.5. The average molecular weight is 336 g/mol.